The van der Waals surface area contributed by atoms with E-state index in [0.717, 1.165) is 38.1 Å². The van der Waals surface area contributed by atoms with E-state index in [0.29, 0.717) is 17.6 Å². The molecule has 0 saturated carbocycles. The van der Waals surface area contributed by atoms with Crippen LogP contribution in [-0.2, 0) is 11.3 Å². The van der Waals surface area contributed by atoms with Gasteiger partial charge in [-0.05, 0) is 37.6 Å². The quantitative estimate of drug-likeness (QED) is 0.864. The van der Waals surface area contributed by atoms with Crippen molar-refractivity contribution in [3.63, 3.8) is 0 Å². The first-order valence-corrected chi connectivity index (χ1v) is 6.88. The Hall–Kier alpha value is -1.46. The van der Waals surface area contributed by atoms with Gasteiger partial charge in [-0.3, -0.25) is 4.90 Å². The van der Waals surface area contributed by atoms with E-state index >= 15 is 0 Å². The molecule has 5 heteroatoms. The Labute approximate surface area is 120 Å². The molecule has 1 aromatic rings. The molecule has 0 amide bonds. The molecule has 0 aliphatic carbocycles. The molecule has 0 radical (unpaired) electrons. The Morgan fingerprint density at radius 1 is 1.30 bits per heavy atom. The number of methoxy groups -OCH3 is 2. The standard InChI is InChI=1S/C15H23NO4/c1-16(10-12-5-4-6-20-12)9-11-7-13(18-2)15(17)14(8-11)19-3/h7-8,12,17H,4-6,9-10H2,1-3H3. The van der Waals surface area contributed by atoms with E-state index in [4.69, 9.17) is 14.2 Å². The largest absolute Gasteiger partial charge is 0.502 e. The predicted molar refractivity (Wildman–Crippen MR) is 76.5 cm³/mol. The van der Waals surface area contributed by atoms with Crippen LogP contribution in [0, 0.1) is 0 Å². The van der Waals surface area contributed by atoms with E-state index in [1.165, 1.54) is 14.2 Å². The van der Waals surface area contributed by atoms with Crippen LogP contribution in [0.15, 0.2) is 12.1 Å². The van der Waals surface area contributed by atoms with E-state index in [-0.39, 0.29) is 5.75 Å². The van der Waals surface area contributed by atoms with Gasteiger partial charge in [-0.2, -0.15) is 0 Å². The second-order valence-corrected chi connectivity index (χ2v) is 5.18. The lowest BCUT2D eigenvalue weighted by molar-refractivity contribution is 0.0793. The lowest BCUT2D eigenvalue weighted by atomic mass is 10.1. The van der Waals surface area contributed by atoms with Crippen molar-refractivity contribution in [3.05, 3.63) is 17.7 Å². The third kappa shape index (κ3) is 3.55. The van der Waals surface area contributed by atoms with Crippen molar-refractivity contribution >= 4 is 0 Å². The number of hydrogen-bond donors (Lipinski definition) is 1. The first-order chi connectivity index (χ1) is 9.63. The van der Waals surface area contributed by atoms with Gasteiger partial charge in [0.2, 0.25) is 5.75 Å². The van der Waals surface area contributed by atoms with Crippen molar-refractivity contribution in [1.29, 1.82) is 0 Å². The molecule has 1 atom stereocenters. The number of phenols is 1. The summed E-state index contributed by atoms with van der Waals surface area (Å²) in [6, 6.07) is 3.67. The molecular formula is C15H23NO4. The average Bonchev–Trinajstić information content (AvgIpc) is 2.93. The Bertz CT molecular complexity index is 418. The van der Waals surface area contributed by atoms with Crippen molar-refractivity contribution in [3.8, 4) is 17.2 Å². The molecule has 1 N–H and O–H groups in total. The molecule has 0 bridgehead atoms. The summed E-state index contributed by atoms with van der Waals surface area (Å²) in [7, 11) is 5.14. The molecule has 0 spiro atoms. The Morgan fingerprint density at radius 3 is 2.45 bits per heavy atom. The molecule has 1 fully saturated rings. The second-order valence-electron chi connectivity index (χ2n) is 5.18. The highest BCUT2D eigenvalue weighted by Gasteiger charge is 2.18. The number of rotatable bonds is 6. The number of phenolic OH excluding ortho intramolecular Hbond substituents is 1. The van der Waals surface area contributed by atoms with Crippen LogP contribution in [0.1, 0.15) is 18.4 Å². The van der Waals surface area contributed by atoms with Crippen molar-refractivity contribution in [2.24, 2.45) is 0 Å². The van der Waals surface area contributed by atoms with Gasteiger partial charge in [-0.1, -0.05) is 0 Å². The Morgan fingerprint density at radius 2 is 1.95 bits per heavy atom. The van der Waals surface area contributed by atoms with Crippen molar-refractivity contribution in [1.82, 2.24) is 4.90 Å². The van der Waals surface area contributed by atoms with Crippen molar-refractivity contribution < 1.29 is 19.3 Å². The number of nitrogens with zero attached hydrogens (tertiary/aromatic N) is 1. The second kappa shape index (κ2) is 6.81. The number of ether oxygens (including phenoxy) is 3. The lowest BCUT2D eigenvalue weighted by Gasteiger charge is -2.21. The van der Waals surface area contributed by atoms with Crippen LogP contribution in [0.2, 0.25) is 0 Å². The van der Waals surface area contributed by atoms with Crippen LogP contribution in [0.4, 0.5) is 0 Å². The predicted octanol–water partition coefficient (Wildman–Crippen LogP) is 2.02. The molecule has 0 aromatic heterocycles. The van der Waals surface area contributed by atoms with Gasteiger partial charge >= 0.3 is 0 Å². The topological polar surface area (TPSA) is 51.2 Å². The fraction of sp³-hybridized carbons (Fsp3) is 0.600. The SMILES string of the molecule is COc1cc(CN(C)CC2CCCO2)cc(OC)c1O. The molecule has 5 nitrogen and oxygen atoms in total. The minimum absolute atomic E-state index is 0.0422. The summed E-state index contributed by atoms with van der Waals surface area (Å²) in [6.07, 6.45) is 2.62. The van der Waals surface area contributed by atoms with Gasteiger partial charge in [0.05, 0.1) is 20.3 Å². The highest BCUT2D eigenvalue weighted by molar-refractivity contribution is 5.52. The number of hydrogen-bond acceptors (Lipinski definition) is 5. The molecule has 20 heavy (non-hydrogen) atoms. The first kappa shape index (κ1) is 14.9. The van der Waals surface area contributed by atoms with E-state index < -0.39 is 0 Å². The normalized spacial score (nSPS) is 18.5. The summed E-state index contributed by atoms with van der Waals surface area (Å²) in [5, 5.41) is 9.89. The summed E-state index contributed by atoms with van der Waals surface area (Å²) in [6.45, 7) is 2.54. The van der Waals surface area contributed by atoms with Crippen LogP contribution in [-0.4, -0.2) is 50.5 Å². The third-order valence-electron chi connectivity index (χ3n) is 3.53. The molecule has 1 aliphatic rings. The fourth-order valence-electron chi connectivity index (χ4n) is 2.55. The first-order valence-electron chi connectivity index (χ1n) is 6.88. The molecule has 1 unspecified atom stereocenters. The van der Waals surface area contributed by atoms with Gasteiger partial charge in [0.15, 0.2) is 11.5 Å². The van der Waals surface area contributed by atoms with Gasteiger partial charge in [0.1, 0.15) is 0 Å². The molecule has 1 aromatic carbocycles. The highest BCUT2D eigenvalue weighted by atomic mass is 16.5. The van der Waals surface area contributed by atoms with Gasteiger partial charge in [0.25, 0.3) is 0 Å². The fourth-order valence-corrected chi connectivity index (χ4v) is 2.55. The lowest BCUT2D eigenvalue weighted by Crippen LogP contribution is -2.28. The third-order valence-corrected chi connectivity index (χ3v) is 3.53. The average molecular weight is 281 g/mol. The van der Waals surface area contributed by atoms with E-state index in [1.807, 2.05) is 12.1 Å². The summed E-state index contributed by atoms with van der Waals surface area (Å²) in [5.74, 6) is 0.912. The van der Waals surface area contributed by atoms with Gasteiger partial charge < -0.3 is 19.3 Å². The van der Waals surface area contributed by atoms with E-state index in [2.05, 4.69) is 11.9 Å². The number of likely N-dealkylation sites (N-methyl/N-ethyl adjacent to an activating group) is 1. The molecule has 1 heterocycles. The maximum Gasteiger partial charge on any atom is 0.200 e. The molecule has 2 rings (SSSR count). The van der Waals surface area contributed by atoms with E-state index in [9.17, 15) is 5.11 Å². The van der Waals surface area contributed by atoms with Crippen LogP contribution >= 0.6 is 0 Å². The van der Waals surface area contributed by atoms with Gasteiger partial charge in [0, 0.05) is 19.7 Å². The monoisotopic (exact) mass is 281 g/mol. The summed E-state index contributed by atoms with van der Waals surface area (Å²) < 4.78 is 16.0. The van der Waals surface area contributed by atoms with Crippen molar-refractivity contribution in [2.75, 3.05) is 34.4 Å². The summed E-state index contributed by atoms with van der Waals surface area (Å²) in [5.41, 5.74) is 1.04. The minimum atomic E-state index is 0.0422. The number of benzene rings is 1. The van der Waals surface area contributed by atoms with E-state index in [1.54, 1.807) is 0 Å². The summed E-state index contributed by atoms with van der Waals surface area (Å²) in [4.78, 5) is 2.21. The van der Waals surface area contributed by atoms with Crippen molar-refractivity contribution in [2.45, 2.75) is 25.5 Å². The molecule has 1 saturated heterocycles. The summed E-state index contributed by atoms with van der Waals surface area (Å²) >= 11 is 0. The van der Waals surface area contributed by atoms with Crippen LogP contribution < -0.4 is 9.47 Å². The maximum absolute atomic E-state index is 9.89. The maximum atomic E-state index is 9.89. The zero-order chi connectivity index (χ0) is 14.5. The zero-order valence-corrected chi connectivity index (χ0v) is 12.4. The smallest absolute Gasteiger partial charge is 0.200 e. The molecular weight excluding hydrogens is 258 g/mol. The van der Waals surface area contributed by atoms with Gasteiger partial charge in [-0.15, -0.1) is 0 Å². The zero-order valence-electron chi connectivity index (χ0n) is 12.4. The molecule has 1 aliphatic heterocycles. The van der Waals surface area contributed by atoms with Gasteiger partial charge in [-0.25, -0.2) is 0 Å². The Balaban J connectivity index is 2.04. The van der Waals surface area contributed by atoms with Crippen LogP contribution in [0.3, 0.4) is 0 Å². The molecule has 112 valence electrons. The highest BCUT2D eigenvalue weighted by Crippen LogP contribution is 2.37. The van der Waals surface area contributed by atoms with Crippen LogP contribution in [0.25, 0.3) is 0 Å². The number of aromatic hydroxyl groups is 1. The Kier molecular flexibility index (Phi) is 5.09. The van der Waals surface area contributed by atoms with Crippen LogP contribution in [0.5, 0.6) is 17.2 Å². The minimum Gasteiger partial charge on any atom is -0.502 e.